The summed E-state index contributed by atoms with van der Waals surface area (Å²) in [4.78, 5) is 15.9. The van der Waals surface area contributed by atoms with Crippen LogP contribution in [0, 0.1) is 0 Å². The Balaban J connectivity index is 1.37. The van der Waals surface area contributed by atoms with Gasteiger partial charge in [-0.25, -0.2) is 0 Å². The molecule has 6 heteroatoms. The number of rotatable bonds is 5. The Hall–Kier alpha value is -2.60. The Labute approximate surface area is 157 Å². The van der Waals surface area contributed by atoms with Gasteiger partial charge >= 0.3 is 0 Å². The third-order valence-corrected chi connectivity index (χ3v) is 5.73. The quantitative estimate of drug-likeness (QED) is 0.724. The zero-order valence-corrected chi connectivity index (χ0v) is 15.6. The Morgan fingerprint density at radius 3 is 2.92 bits per heavy atom. The average molecular weight is 366 g/mol. The molecule has 26 heavy (non-hydrogen) atoms. The molecule has 0 radical (unpaired) electrons. The van der Waals surface area contributed by atoms with Crippen molar-refractivity contribution < 1.29 is 4.79 Å². The summed E-state index contributed by atoms with van der Waals surface area (Å²) in [7, 11) is 0. The Kier molecular flexibility index (Phi) is 4.75. The van der Waals surface area contributed by atoms with Crippen molar-refractivity contribution in [2.24, 2.45) is 0 Å². The highest BCUT2D eigenvalue weighted by Crippen LogP contribution is 2.27. The Bertz CT molecular complexity index is 870. The third-order valence-electron chi connectivity index (χ3n) is 4.82. The number of aryl methyl sites for hydroxylation is 1. The van der Waals surface area contributed by atoms with Crippen molar-refractivity contribution in [1.82, 2.24) is 15.5 Å². The van der Waals surface area contributed by atoms with Crippen molar-refractivity contribution in [2.45, 2.75) is 25.8 Å². The highest BCUT2D eigenvalue weighted by molar-refractivity contribution is 7.13. The van der Waals surface area contributed by atoms with Crippen LogP contribution >= 0.6 is 11.3 Å². The molecule has 1 unspecified atom stereocenters. The van der Waals surface area contributed by atoms with Crippen LogP contribution in [0.3, 0.4) is 0 Å². The van der Waals surface area contributed by atoms with E-state index in [-0.39, 0.29) is 11.9 Å². The number of aromatic amines is 1. The van der Waals surface area contributed by atoms with E-state index in [4.69, 9.17) is 0 Å². The smallest absolute Gasteiger partial charge is 0.251 e. The van der Waals surface area contributed by atoms with Crippen LogP contribution < -0.4 is 10.2 Å². The maximum Gasteiger partial charge on any atom is 0.251 e. The van der Waals surface area contributed by atoms with Gasteiger partial charge < -0.3 is 10.2 Å². The van der Waals surface area contributed by atoms with Gasteiger partial charge in [0.25, 0.3) is 5.91 Å². The second kappa shape index (κ2) is 7.33. The molecule has 1 amide bonds. The minimum atomic E-state index is 0.000746. The van der Waals surface area contributed by atoms with Gasteiger partial charge in [0.2, 0.25) is 0 Å². The van der Waals surface area contributed by atoms with Crippen molar-refractivity contribution in [1.29, 1.82) is 0 Å². The van der Waals surface area contributed by atoms with E-state index in [0.717, 1.165) is 43.0 Å². The molecular weight excluding hydrogens is 344 g/mol. The van der Waals surface area contributed by atoms with Gasteiger partial charge in [0.15, 0.2) is 5.82 Å². The Morgan fingerprint density at radius 2 is 2.19 bits per heavy atom. The summed E-state index contributed by atoms with van der Waals surface area (Å²) in [6.45, 7) is 3.79. The van der Waals surface area contributed by atoms with Gasteiger partial charge in [-0.15, -0.1) is 11.3 Å². The van der Waals surface area contributed by atoms with E-state index in [2.05, 4.69) is 44.9 Å². The molecule has 1 saturated heterocycles. The number of hydrogen-bond acceptors (Lipinski definition) is 4. The van der Waals surface area contributed by atoms with Crippen LogP contribution in [-0.2, 0) is 6.42 Å². The number of anilines is 1. The van der Waals surface area contributed by atoms with Crippen LogP contribution in [0.4, 0.5) is 5.82 Å². The van der Waals surface area contributed by atoms with E-state index >= 15 is 0 Å². The van der Waals surface area contributed by atoms with Crippen molar-refractivity contribution in [2.75, 3.05) is 18.0 Å². The van der Waals surface area contributed by atoms with Gasteiger partial charge in [-0.2, -0.15) is 5.10 Å². The number of amides is 1. The van der Waals surface area contributed by atoms with Gasteiger partial charge in [0, 0.05) is 30.8 Å². The maximum atomic E-state index is 12.5. The molecule has 1 fully saturated rings. The molecule has 2 N–H and O–H groups in total. The molecule has 0 bridgehead atoms. The third kappa shape index (κ3) is 3.51. The van der Waals surface area contributed by atoms with Crippen LogP contribution in [0.2, 0.25) is 0 Å². The molecule has 1 aliphatic heterocycles. The zero-order valence-electron chi connectivity index (χ0n) is 14.7. The standard InChI is InChI=1S/C20H22N4OS/c1-2-14-5-7-15(8-6-14)20(25)21-16-9-10-24(13-16)19-12-17(22-23-19)18-4-3-11-26-18/h3-8,11-12,16H,2,9-10,13H2,1H3,(H,21,25)(H,22,23). The molecule has 1 atom stereocenters. The maximum absolute atomic E-state index is 12.5. The van der Waals surface area contributed by atoms with Crippen LogP contribution in [0.25, 0.3) is 10.6 Å². The van der Waals surface area contributed by atoms with Gasteiger partial charge in [-0.05, 0) is 42.0 Å². The largest absolute Gasteiger partial charge is 0.353 e. The minimum Gasteiger partial charge on any atom is -0.353 e. The fourth-order valence-corrected chi connectivity index (χ4v) is 3.97. The summed E-state index contributed by atoms with van der Waals surface area (Å²) in [6, 6.07) is 14.2. The highest BCUT2D eigenvalue weighted by atomic mass is 32.1. The summed E-state index contributed by atoms with van der Waals surface area (Å²) >= 11 is 1.69. The van der Waals surface area contributed by atoms with Gasteiger partial charge in [0.1, 0.15) is 0 Å². The van der Waals surface area contributed by atoms with E-state index in [9.17, 15) is 4.79 Å². The minimum absolute atomic E-state index is 0.000746. The van der Waals surface area contributed by atoms with Gasteiger partial charge in [-0.3, -0.25) is 9.89 Å². The summed E-state index contributed by atoms with van der Waals surface area (Å²) < 4.78 is 0. The number of thiophene rings is 1. The van der Waals surface area contributed by atoms with E-state index < -0.39 is 0 Å². The topological polar surface area (TPSA) is 61.0 Å². The van der Waals surface area contributed by atoms with Crippen LogP contribution in [0.15, 0.2) is 47.8 Å². The predicted molar refractivity (Wildman–Crippen MR) is 106 cm³/mol. The molecular formula is C20H22N4OS. The van der Waals surface area contributed by atoms with Gasteiger partial charge in [-0.1, -0.05) is 25.1 Å². The number of hydrogen-bond donors (Lipinski definition) is 2. The Morgan fingerprint density at radius 1 is 1.35 bits per heavy atom. The number of benzene rings is 1. The van der Waals surface area contributed by atoms with E-state index in [1.54, 1.807) is 11.3 Å². The van der Waals surface area contributed by atoms with Crippen LogP contribution in [0.5, 0.6) is 0 Å². The highest BCUT2D eigenvalue weighted by Gasteiger charge is 2.26. The van der Waals surface area contributed by atoms with E-state index in [1.807, 2.05) is 30.3 Å². The molecule has 2 aromatic heterocycles. The van der Waals surface area contributed by atoms with Crippen molar-refractivity contribution in [3.63, 3.8) is 0 Å². The zero-order chi connectivity index (χ0) is 17.9. The lowest BCUT2D eigenvalue weighted by atomic mass is 10.1. The predicted octanol–water partition coefficient (Wildman–Crippen LogP) is 3.71. The van der Waals surface area contributed by atoms with E-state index in [0.29, 0.717) is 0 Å². The molecule has 0 saturated carbocycles. The van der Waals surface area contributed by atoms with Crippen LogP contribution in [0.1, 0.15) is 29.3 Å². The molecule has 4 rings (SSSR count). The number of carbonyl (C=O) groups excluding carboxylic acids is 1. The van der Waals surface area contributed by atoms with E-state index in [1.165, 1.54) is 10.4 Å². The number of nitrogens with one attached hydrogen (secondary N) is 2. The van der Waals surface area contributed by atoms with Gasteiger partial charge in [0.05, 0.1) is 10.6 Å². The van der Waals surface area contributed by atoms with Crippen molar-refractivity contribution in [3.05, 3.63) is 59.0 Å². The molecule has 0 spiro atoms. The second-order valence-electron chi connectivity index (χ2n) is 6.57. The first-order chi connectivity index (χ1) is 12.7. The fraction of sp³-hybridized carbons (Fsp3) is 0.300. The normalized spacial score (nSPS) is 16.8. The molecule has 1 aromatic carbocycles. The fourth-order valence-electron chi connectivity index (χ4n) is 3.28. The number of H-pyrrole nitrogens is 1. The SMILES string of the molecule is CCc1ccc(C(=O)NC2CCN(c3cc(-c4cccs4)[nH]n3)C2)cc1. The number of nitrogens with zero attached hydrogens (tertiary/aromatic N) is 2. The van der Waals surface area contributed by atoms with Crippen molar-refractivity contribution in [3.8, 4) is 10.6 Å². The molecule has 134 valence electrons. The first kappa shape index (κ1) is 16.8. The molecule has 0 aliphatic carbocycles. The first-order valence-electron chi connectivity index (χ1n) is 8.97. The molecule has 1 aliphatic rings. The number of carbonyl (C=O) groups is 1. The lowest BCUT2D eigenvalue weighted by Crippen LogP contribution is -2.37. The molecule has 5 nitrogen and oxygen atoms in total. The summed E-state index contributed by atoms with van der Waals surface area (Å²) in [5, 5.41) is 12.8. The molecule has 3 aromatic rings. The van der Waals surface area contributed by atoms with Crippen molar-refractivity contribution >= 4 is 23.1 Å². The number of aromatic nitrogens is 2. The summed E-state index contributed by atoms with van der Waals surface area (Å²) in [5.41, 5.74) is 3.01. The van der Waals surface area contributed by atoms with Crippen LogP contribution in [-0.4, -0.2) is 35.2 Å². The lowest BCUT2D eigenvalue weighted by Gasteiger charge is -2.16. The monoisotopic (exact) mass is 366 g/mol. The lowest BCUT2D eigenvalue weighted by molar-refractivity contribution is 0.0940. The second-order valence-corrected chi connectivity index (χ2v) is 7.52. The molecule has 3 heterocycles. The average Bonchev–Trinajstić information content (AvgIpc) is 3.41. The summed E-state index contributed by atoms with van der Waals surface area (Å²) in [5.74, 6) is 0.943. The first-order valence-corrected chi connectivity index (χ1v) is 9.85. The summed E-state index contributed by atoms with van der Waals surface area (Å²) in [6.07, 6.45) is 1.91.